The second kappa shape index (κ2) is 9.16. The maximum atomic E-state index is 13.2. The van der Waals surface area contributed by atoms with Gasteiger partial charge in [0.05, 0.1) is 18.5 Å². The van der Waals surface area contributed by atoms with Crippen LogP contribution in [0.2, 0.25) is 0 Å². The van der Waals surface area contributed by atoms with E-state index in [1.165, 1.54) is 39.4 Å². The van der Waals surface area contributed by atoms with Gasteiger partial charge in [0.2, 0.25) is 5.90 Å². The molecule has 0 radical (unpaired) electrons. The molecule has 0 spiro atoms. The van der Waals surface area contributed by atoms with Crippen LogP contribution in [0.4, 0.5) is 13.2 Å². The van der Waals surface area contributed by atoms with E-state index >= 15 is 0 Å². The van der Waals surface area contributed by atoms with Crippen LogP contribution in [0.25, 0.3) is 11.1 Å². The van der Waals surface area contributed by atoms with Crippen molar-refractivity contribution < 1.29 is 22.6 Å². The van der Waals surface area contributed by atoms with E-state index in [0.29, 0.717) is 5.56 Å². The number of rotatable bonds is 5. The van der Waals surface area contributed by atoms with E-state index < -0.39 is 17.6 Å². The molecular formula is C19H19F3N6O2. The molecule has 1 aromatic carbocycles. The van der Waals surface area contributed by atoms with Gasteiger partial charge in [-0.25, -0.2) is 15.0 Å². The average molecular weight is 420 g/mol. The highest BCUT2D eigenvalue weighted by atomic mass is 19.4. The molecule has 0 aliphatic rings. The van der Waals surface area contributed by atoms with Crippen LogP contribution in [-0.2, 0) is 6.18 Å². The largest absolute Gasteiger partial charge is 0.467 e. The molecule has 8 nitrogen and oxygen atoms in total. The van der Waals surface area contributed by atoms with Crippen LogP contribution in [0.5, 0.6) is 11.8 Å². The van der Waals surface area contributed by atoms with Gasteiger partial charge in [-0.3, -0.25) is 10.8 Å². The number of alkyl halides is 3. The molecule has 1 aromatic heterocycles. The molecule has 0 fully saturated rings. The third-order valence-electron chi connectivity index (χ3n) is 3.66. The van der Waals surface area contributed by atoms with Crippen molar-refractivity contribution >= 4 is 17.6 Å². The summed E-state index contributed by atoms with van der Waals surface area (Å²) in [7, 11) is 1.38. The molecule has 0 unspecified atom stereocenters. The number of methoxy groups -OCH3 is 1. The molecular weight excluding hydrogens is 401 g/mol. The lowest BCUT2D eigenvalue weighted by Crippen LogP contribution is -2.12. The van der Waals surface area contributed by atoms with E-state index in [1.54, 1.807) is 0 Å². The van der Waals surface area contributed by atoms with Crippen molar-refractivity contribution in [2.75, 3.05) is 7.11 Å². The predicted octanol–water partition coefficient (Wildman–Crippen LogP) is 3.83. The van der Waals surface area contributed by atoms with E-state index in [1.807, 2.05) is 0 Å². The van der Waals surface area contributed by atoms with E-state index in [2.05, 4.69) is 15.0 Å². The Kier molecular flexibility index (Phi) is 6.88. The number of nitrogens with one attached hydrogen (secondary N) is 2. The second-order valence-corrected chi connectivity index (χ2v) is 6.06. The van der Waals surface area contributed by atoms with Crippen LogP contribution in [0, 0.1) is 10.8 Å². The van der Waals surface area contributed by atoms with Crippen LogP contribution in [0.3, 0.4) is 0 Å². The topological polar surface area (TPSA) is 130 Å². The molecule has 0 saturated carbocycles. The molecule has 0 atom stereocenters. The summed E-state index contributed by atoms with van der Waals surface area (Å²) in [5, 5.41) is 15.7. The minimum absolute atomic E-state index is 0.0914. The van der Waals surface area contributed by atoms with Crippen LogP contribution in [0.1, 0.15) is 19.4 Å². The third kappa shape index (κ3) is 5.87. The number of nitrogens with two attached hydrogens (primary N) is 1. The first-order chi connectivity index (χ1) is 14.0. The van der Waals surface area contributed by atoms with Crippen molar-refractivity contribution in [2.45, 2.75) is 20.0 Å². The van der Waals surface area contributed by atoms with Gasteiger partial charge in [0.25, 0.3) is 0 Å². The number of hydrogen-bond acceptors (Lipinski definition) is 6. The Balaban J connectivity index is 2.43. The molecule has 2 rings (SSSR count). The van der Waals surface area contributed by atoms with Crippen LogP contribution in [0.15, 0.2) is 47.2 Å². The fraction of sp³-hybridized carbons (Fsp3) is 0.211. The van der Waals surface area contributed by atoms with Gasteiger partial charge in [-0.2, -0.15) is 13.2 Å². The lowest BCUT2D eigenvalue weighted by Gasteiger charge is -2.14. The summed E-state index contributed by atoms with van der Waals surface area (Å²) in [6.45, 7) is 2.99. The quantitative estimate of drug-likeness (QED) is 0.500. The molecule has 158 valence electrons. The fourth-order valence-corrected chi connectivity index (χ4v) is 2.26. The van der Waals surface area contributed by atoms with Crippen molar-refractivity contribution in [3.8, 4) is 22.9 Å². The monoisotopic (exact) mass is 420 g/mol. The number of aliphatic imine (C=N–C) groups is 1. The summed E-state index contributed by atoms with van der Waals surface area (Å²) in [5.74, 6) is -0.758. The molecule has 4 N–H and O–H groups in total. The molecule has 0 saturated heterocycles. The van der Waals surface area contributed by atoms with Crippen molar-refractivity contribution in [1.29, 1.82) is 10.8 Å². The van der Waals surface area contributed by atoms with Gasteiger partial charge in [0.15, 0.2) is 0 Å². The molecule has 11 heteroatoms. The lowest BCUT2D eigenvalue weighted by atomic mass is 10.0. The summed E-state index contributed by atoms with van der Waals surface area (Å²) in [6.07, 6.45) is -0.722. The first-order valence-corrected chi connectivity index (χ1v) is 8.43. The van der Waals surface area contributed by atoms with E-state index in [-0.39, 0.29) is 34.6 Å². The zero-order valence-corrected chi connectivity index (χ0v) is 16.3. The summed E-state index contributed by atoms with van der Waals surface area (Å²) < 4.78 is 49.7. The Morgan fingerprint density at radius 2 is 1.80 bits per heavy atom. The van der Waals surface area contributed by atoms with Gasteiger partial charge in [0.1, 0.15) is 11.6 Å². The van der Waals surface area contributed by atoms with E-state index in [4.69, 9.17) is 26.0 Å². The summed E-state index contributed by atoms with van der Waals surface area (Å²) in [5.41, 5.74) is 5.32. The lowest BCUT2D eigenvalue weighted by molar-refractivity contribution is -0.137. The highest BCUT2D eigenvalue weighted by Crippen LogP contribution is 2.37. The van der Waals surface area contributed by atoms with Gasteiger partial charge >= 0.3 is 12.2 Å². The molecule has 1 heterocycles. The normalized spacial score (nSPS) is 12.5. The van der Waals surface area contributed by atoms with Crippen molar-refractivity contribution in [3.63, 3.8) is 0 Å². The molecule has 0 amide bonds. The molecule has 0 aliphatic heterocycles. The smallest absolute Gasteiger partial charge is 0.416 e. The van der Waals surface area contributed by atoms with Gasteiger partial charge in [-0.15, -0.1) is 0 Å². The summed E-state index contributed by atoms with van der Waals surface area (Å²) in [6, 6.07) is 2.97. The molecule has 2 aromatic rings. The molecule has 0 bridgehead atoms. The number of nitrogens with zero attached hydrogens (tertiary/aromatic N) is 3. The number of ether oxygens (including phenoxy) is 2. The first kappa shape index (κ1) is 22.5. The van der Waals surface area contributed by atoms with Gasteiger partial charge < -0.3 is 15.2 Å². The van der Waals surface area contributed by atoms with E-state index in [9.17, 15) is 13.2 Å². The second-order valence-electron chi connectivity index (χ2n) is 6.06. The highest BCUT2D eigenvalue weighted by molar-refractivity contribution is 6.06. The summed E-state index contributed by atoms with van der Waals surface area (Å²) >= 11 is 0. The molecule has 0 aliphatic carbocycles. The zero-order chi connectivity index (χ0) is 22.5. The van der Waals surface area contributed by atoms with Crippen molar-refractivity contribution in [1.82, 2.24) is 9.97 Å². The Hall–Kier alpha value is -3.76. The first-order valence-electron chi connectivity index (χ1n) is 8.43. The number of hydrogen-bond donors (Lipinski definition) is 3. The maximum absolute atomic E-state index is 13.2. The van der Waals surface area contributed by atoms with Gasteiger partial charge in [-0.1, -0.05) is 0 Å². The standard InChI is InChI=1S/C19H19F3N6O2/c1-10(17(25)28-11(2)23)6-16(24)30-15-7-13(19(20,21)22)4-5-14(15)12-8-26-18(29-3)27-9-12/h4-9,24H,1-3H3,(H3,23,25,28)/b10-6-,24-16?. The number of halogens is 3. The number of amidine groups is 2. The Labute approximate surface area is 170 Å². The Bertz CT molecular complexity index is 1010. The number of aromatic nitrogens is 2. The Morgan fingerprint density at radius 3 is 2.33 bits per heavy atom. The van der Waals surface area contributed by atoms with Crippen molar-refractivity contribution in [2.24, 2.45) is 10.7 Å². The molecule has 30 heavy (non-hydrogen) atoms. The Morgan fingerprint density at radius 1 is 1.17 bits per heavy atom. The predicted molar refractivity (Wildman–Crippen MR) is 106 cm³/mol. The third-order valence-corrected chi connectivity index (χ3v) is 3.66. The minimum Gasteiger partial charge on any atom is -0.467 e. The van der Waals surface area contributed by atoms with Gasteiger partial charge in [-0.05, 0) is 37.6 Å². The number of benzene rings is 1. The van der Waals surface area contributed by atoms with Crippen LogP contribution < -0.4 is 15.2 Å². The van der Waals surface area contributed by atoms with Crippen molar-refractivity contribution in [3.05, 3.63) is 47.8 Å². The zero-order valence-electron chi connectivity index (χ0n) is 16.3. The highest BCUT2D eigenvalue weighted by Gasteiger charge is 2.31. The SMILES string of the molecule is COc1ncc(-c2ccc(C(F)(F)F)cc2OC(=N)/C=C(/C)C(=N)N=C(C)N)cn1. The fourth-order valence-electron chi connectivity index (χ4n) is 2.26. The van der Waals surface area contributed by atoms with E-state index in [0.717, 1.165) is 18.2 Å². The summed E-state index contributed by atoms with van der Waals surface area (Å²) in [4.78, 5) is 11.6. The maximum Gasteiger partial charge on any atom is 0.416 e. The average Bonchev–Trinajstić information content (AvgIpc) is 2.66. The van der Waals surface area contributed by atoms with Crippen LogP contribution >= 0.6 is 0 Å². The minimum atomic E-state index is -4.60. The van der Waals surface area contributed by atoms with Gasteiger partial charge in [0, 0.05) is 29.6 Å². The van der Waals surface area contributed by atoms with Crippen LogP contribution in [-0.4, -0.2) is 34.6 Å².